The Kier molecular flexibility index (Phi) is 15.1. The van der Waals surface area contributed by atoms with Crippen LogP contribution < -0.4 is 21.3 Å². The lowest BCUT2D eigenvalue weighted by Gasteiger charge is -2.22. The third-order valence-electron chi connectivity index (χ3n) is 11.6. The van der Waals surface area contributed by atoms with Crippen molar-refractivity contribution in [2.45, 2.75) is 81.9 Å². The molecule has 4 aromatic heterocycles. The van der Waals surface area contributed by atoms with Gasteiger partial charge in [-0.3, -0.25) is 24.2 Å². The maximum absolute atomic E-state index is 13.5. The Bertz CT molecular complexity index is 3240. The second-order valence-corrected chi connectivity index (χ2v) is 19.6. The number of carbonyl (C=O) groups is 2. The van der Waals surface area contributed by atoms with Crippen LogP contribution in [0.25, 0.3) is 22.3 Å². The molecule has 8 heterocycles. The summed E-state index contributed by atoms with van der Waals surface area (Å²) in [6.45, 7) is 2.90. The van der Waals surface area contributed by atoms with Crippen molar-refractivity contribution >= 4 is 61.7 Å². The van der Waals surface area contributed by atoms with Crippen LogP contribution in [0.3, 0.4) is 0 Å². The van der Waals surface area contributed by atoms with Crippen LogP contribution in [0.15, 0.2) is 86.0 Å². The first-order valence-electron chi connectivity index (χ1n) is 23.0. The number of amides is 4. The van der Waals surface area contributed by atoms with E-state index in [2.05, 4.69) is 74.9 Å². The van der Waals surface area contributed by atoms with Gasteiger partial charge in [0.25, 0.3) is 0 Å². The molecule has 29 heteroatoms. The summed E-state index contributed by atoms with van der Waals surface area (Å²) < 4.78 is 82.7. The number of rotatable bonds is 15. The minimum absolute atomic E-state index is 0.0583. The van der Waals surface area contributed by atoms with Gasteiger partial charge in [-0.1, -0.05) is 48.2 Å². The van der Waals surface area contributed by atoms with Gasteiger partial charge in [-0.05, 0) is 50.0 Å². The molecule has 386 valence electrons. The van der Waals surface area contributed by atoms with Crippen molar-refractivity contribution in [3.05, 3.63) is 97.1 Å². The first-order chi connectivity index (χ1) is 35.8. The topological polar surface area (TPSA) is 327 Å². The molecule has 0 spiro atoms. The predicted molar refractivity (Wildman–Crippen MR) is 255 cm³/mol. The van der Waals surface area contributed by atoms with Gasteiger partial charge in [0.2, 0.25) is 12.6 Å². The Labute approximate surface area is 420 Å². The molecule has 6 aromatic rings. The van der Waals surface area contributed by atoms with Gasteiger partial charge in [-0.25, -0.2) is 48.6 Å². The normalized spacial score (nSPS) is 26.4. The number of hydrogen-bond acceptors (Lipinski definition) is 19. The molecular formula is C45H46N12O15P2. The van der Waals surface area contributed by atoms with Crippen molar-refractivity contribution in [1.82, 2.24) is 49.7 Å². The number of phosphoric ester groups is 2. The van der Waals surface area contributed by atoms with E-state index in [4.69, 9.17) is 41.8 Å². The second-order valence-electron chi connectivity index (χ2n) is 16.5. The maximum atomic E-state index is 13.5. The molecule has 4 amide bonds. The molecule has 0 bridgehead atoms. The predicted octanol–water partition coefficient (Wildman–Crippen LogP) is 3.19. The van der Waals surface area contributed by atoms with Gasteiger partial charge < -0.3 is 53.4 Å². The standard InChI is InChI=1S/C45H46N12O15P2/c1-3-46-44(58)54-39-33-41(50-22-48-39)56(24-52-33)19-28-35-36(69-31(68-35)17-15-26-11-7-5-8-12-26)29(66-28)20-64-73(60,61)72-74(62,63)65-21-30-37-38(71-32(70-37)18-16-27-13-9-6-10-14-27)43(67-30)57-25-53-34-40(49-23-51-42(34)57)55-45(59)47-4-2/h5-14,22-25,28-32,35-38,43H,3-4,19-21H2,1-2H3,(H,60,61)(H,62,63)(H2,46,48,50,54,58)(H2,47,49,51,55,59)/t28-,29+,30-,31+,32+,35-,36+,37-,38-,43-/m1/s1. The van der Waals surface area contributed by atoms with E-state index in [-0.39, 0.29) is 29.3 Å². The number of anilines is 2. The Hall–Kier alpha value is -6.78. The summed E-state index contributed by atoms with van der Waals surface area (Å²) in [7, 11) is -10.9. The lowest BCUT2D eigenvalue weighted by atomic mass is 10.1. The average molecular weight is 1060 g/mol. The summed E-state index contributed by atoms with van der Waals surface area (Å²) in [5.41, 5.74) is 2.47. The number of benzene rings is 2. The molecule has 4 fully saturated rings. The Morgan fingerprint density at radius 1 is 0.622 bits per heavy atom. The summed E-state index contributed by atoms with van der Waals surface area (Å²) >= 11 is 0. The van der Waals surface area contributed by atoms with E-state index in [1.165, 1.54) is 29.9 Å². The summed E-state index contributed by atoms with van der Waals surface area (Å²) in [5.74, 6) is 12.1. The SMILES string of the molecule is CCNC(=O)Nc1ncnc2c1ncn2C[C@H]1O[C@@H](COP(=O)(O)OP(=O)(O)OC[C@H]2O[C@@H](n3cnc4c(NC(=O)NCC)ncnc43)[C@@H]3O[C@@H](C#Cc4ccccc4)O[C@@H]32)[C@@H]2O[C@@H](C#Cc3ccccc3)O[C@@H]21. The van der Waals surface area contributed by atoms with Gasteiger partial charge in [0.05, 0.1) is 32.4 Å². The fourth-order valence-electron chi connectivity index (χ4n) is 8.45. The number of carbonyl (C=O) groups excluding carboxylic acids is 2. The van der Waals surface area contributed by atoms with E-state index in [0.717, 1.165) is 0 Å². The van der Waals surface area contributed by atoms with Crippen LogP contribution in [0.5, 0.6) is 0 Å². The largest absolute Gasteiger partial charge is 0.481 e. The summed E-state index contributed by atoms with van der Waals surface area (Å²) in [4.78, 5) is 72.2. The zero-order valence-corrected chi connectivity index (χ0v) is 40.9. The van der Waals surface area contributed by atoms with Crippen molar-refractivity contribution in [2.24, 2.45) is 0 Å². The quantitative estimate of drug-likeness (QED) is 0.0635. The molecule has 12 atom stereocenters. The lowest BCUT2D eigenvalue weighted by Crippen LogP contribution is -2.33. The van der Waals surface area contributed by atoms with Gasteiger partial charge in [0.15, 0.2) is 40.2 Å². The highest BCUT2D eigenvalue weighted by molar-refractivity contribution is 7.61. The fourth-order valence-corrected chi connectivity index (χ4v) is 10.5. The van der Waals surface area contributed by atoms with Gasteiger partial charge in [-0.2, -0.15) is 4.31 Å². The van der Waals surface area contributed by atoms with Crippen LogP contribution in [0.4, 0.5) is 21.2 Å². The number of fused-ring (bicyclic) bond motifs is 4. The molecule has 4 aliphatic heterocycles. The zero-order chi connectivity index (χ0) is 51.4. The number of hydrogen-bond donors (Lipinski definition) is 6. The van der Waals surface area contributed by atoms with Gasteiger partial charge in [0, 0.05) is 24.2 Å². The van der Waals surface area contributed by atoms with Gasteiger partial charge >= 0.3 is 27.7 Å². The van der Waals surface area contributed by atoms with Crippen LogP contribution in [0, 0.1) is 23.7 Å². The Morgan fingerprint density at radius 3 is 1.68 bits per heavy atom. The molecule has 4 aliphatic rings. The van der Waals surface area contributed by atoms with Gasteiger partial charge in [0.1, 0.15) is 55.4 Å². The molecule has 27 nitrogen and oxygen atoms in total. The van der Waals surface area contributed by atoms with Crippen molar-refractivity contribution in [1.29, 1.82) is 0 Å². The molecule has 0 aliphatic carbocycles. The first-order valence-corrected chi connectivity index (χ1v) is 26.0. The molecule has 2 aromatic carbocycles. The number of ether oxygens (including phenoxy) is 6. The Morgan fingerprint density at radius 2 is 1.11 bits per heavy atom. The number of imidazole rings is 2. The number of phosphoric acid groups is 2. The van der Waals surface area contributed by atoms with E-state index >= 15 is 0 Å². The number of nitrogens with one attached hydrogen (secondary N) is 4. The third kappa shape index (κ3) is 11.5. The van der Waals surface area contributed by atoms with Crippen LogP contribution in [0.1, 0.15) is 31.2 Å². The van der Waals surface area contributed by atoms with Crippen LogP contribution in [0.2, 0.25) is 0 Å². The van der Waals surface area contributed by atoms with E-state index in [1.807, 2.05) is 48.5 Å². The minimum Gasteiger partial charge on any atom is -0.365 e. The molecule has 10 rings (SSSR count). The third-order valence-corrected chi connectivity index (χ3v) is 14.2. The molecular weight excluding hydrogens is 1010 g/mol. The van der Waals surface area contributed by atoms with Gasteiger partial charge in [-0.15, -0.1) is 0 Å². The number of nitrogens with zero attached hydrogens (tertiary/aromatic N) is 8. The smallest absolute Gasteiger partial charge is 0.365 e. The fraction of sp³-hybridized carbons (Fsp3) is 0.378. The number of urea groups is 2. The molecule has 2 unspecified atom stereocenters. The van der Waals surface area contributed by atoms with E-state index < -0.39 is 102 Å². The average Bonchev–Trinajstić information content (AvgIpc) is 4.25. The van der Waals surface area contributed by atoms with Crippen molar-refractivity contribution in [2.75, 3.05) is 36.9 Å². The molecule has 0 radical (unpaired) electrons. The highest BCUT2D eigenvalue weighted by Crippen LogP contribution is 2.61. The van der Waals surface area contributed by atoms with E-state index in [9.17, 15) is 28.5 Å². The second kappa shape index (κ2) is 22.0. The van der Waals surface area contributed by atoms with E-state index in [0.29, 0.717) is 35.4 Å². The van der Waals surface area contributed by atoms with E-state index in [1.54, 1.807) is 30.5 Å². The van der Waals surface area contributed by atoms with Crippen molar-refractivity contribution in [3.63, 3.8) is 0 Å². The molecule has 6 N–H and O–H groups in total. The lowest BCUT2D eigenvalue weighted by molar-refractivity contribution is -0.129. The summed E-state index contributed by atoms with van der Waals surface area (Å²) in [5, 5.41) is 10.5. The molecule has 4 saturated heterocycles. The summed E-state index contributed by atoms with van der Waals surface area (Å²) in [6.07, 6.45) is -4.64. The van der Waals surface area contributed by atoms with Crippen molar-refractivity contribution < 1.29 is 70.3 Å². The first kappa shape index (κ1) is 50.7. The number of aromatic nitrogens is 8. The molecule has 0 saturated carbocycles. The maximum Gasteiger partial charge on any atom is 0.481 e. The zero-order valence-electron chi connectivity index (χ0n) is 39.1. The van der Waals surface area contributed by atoms with Crippen LogP contribution in [-0.2, 0) is 57.5 Å². The monoisotopic (exact) mass is 1060 g/mol. The minimum atomic E-state index is -5.43. The van der Waals surface area contributed by atoms with Crippen LogP contribution >= 0.6 is 15.6 Å². The highest BCUT2D eigenvalue weighted by atomic mass is 31.3. The highest BCUT2D eigenvalue weighted by Gasteiger charge is 2.56. The summed E-state index contributed by atoms with van der Waals surface area (Å²) in [6, 6.07) is 17.2. The molecule has 74 heavy (non-hydrogen) atoms. The van der Waals surface area contributed by atoms with Crippen molar-refractivity contribution in [3.8, 4) is 23.7 Å². The van der Waals surface area contributed by atoms with Crippen LogP contribution in [-0.4, -0.2) is 142 Å². The Balaban J connectivity index is 0.821.